The summed E-state index contributed by atoms with van der Waals surface area (Å²) in [5.41, 5.74) is 7.97. The predicted octanol–water partition coefficient (Wildman–Crippen LogP) is 3.61. The predicted molar refractivity (Wildman–Crippen MR) is 118 cm³/mol. The van der Waals surface area contributed by atoms with Gasteiger partial charge in [-0.15, -0.1) is 0 Å². The van der Waals surface area contributed by atoms with Crippen molar-refractivity contribution in [2.45, 2.75) is 32.1 Å². The minimum atomic E-state index is -0.483. The van der Waals surface area contributed by atoms with E-state index in [4.69, 9.17) is 19.6 Å². The number of carbonyl (C=O) groups excluding carboxylic acids is 2. The number of benzene rings is 2. The largest absolute Gasteiger partial charge is 0.495 e. The Labute approximate surface area is 180 Å². The Morgan fingerprint density at radius 1 is 1.13 bits per heavy atom. The number of amides is 2. The molecule has 1 aliphatic carbocycles. The topological polar surface area (TPSA) is 95.0 Å². The Morgan fingerprint density at radius 2 is 1.94 bits per heavy atom. The normalized spacial score (nSPS) is 12.9. The van der Waals surface area contributed by atoms with E-state index in [1.54, 1.807) is 24.3 Å². The maximum atomic E-state index is 13.0. The SMILES string of the molecule is COc1ccccc1N(CCC(N)=O)C(=O)COc1ccc2oc3c(c2c1)CCCC3. The van der Waals surface area contributed by atoms with E-state index in [2.05, 4.69) is 0 Å². The van der Waals surface area contributed by atoms with E-state index in [0.29, 0.717) is 17.2 Å². The molecule has 0 bridgehead atoms. The number of nitrogens with two attached hydrogens (primary N) is 1. The smallest absolute Gasteiger partial charge is 0.265 e. The van der Waals surface area contributed by atoms with Crippen LogP contribution >= 0.6 is 0 Å². The summed E-state index contributed by atoms with van der Waals surface area (Å²) in [7, 11) is 1.53. The van der Waals surface area contributed by atoms with Gasteiger partial charge in [-0.25, -0.2) is 0 Å². The van der Waals surface area contributed by atoms with Gasteiger partial charge < -0.3 is 24.5 Å². The molecule has 1 aromatic heterocycles. The van der Waals surface area contributed by atoms with E-state index in [9.17, 15) is 9.59 Å². The van der Waals surface area contributed by atoms with E-state index in [0.717, 1.165) is 42.4 Å². The summed E-state index contributed by atoms with van der Waals surface area (Å²) in [6.07, 6.45) is 4.30. The van der Waals surface area contributed by atoms with Crippen LogP contribution in [0, 0.1) is 0 Å². The monoisotopic (exact) mass is 422 g/mol. The van der Waals surface area contributed by atoms with E-state index in [-0.39, 0.29) is 25.5 Å². The lowest BCUT2D eigenvalue weighted by molar-refractivity contribution is -0.120. The molecule has 0 radical (unpaired) electrons. The van der Waals surface area contributed by atoms with Crippen molar-refractivity contribution in [3.05, 3.63) is 53.8 Å². The summed E-state index contributed by atoms with van der Waals surface area (Å²) in [4.78, 5) is 25.8. The summed E-state index contributed by atoms with van der Waals surface area (Å²) < 4.78 is 17.2. The quantitative estimate of drug-likeness (QED) is 0.598. The second-order valence-corrected chi connectivity index (χ2v) is 7.59. The molecule has 4 rings (SSSR count). The highest BCUT2D eigenvalue weighted by molar-refractivity contribution is 5.96. The molecule has 2 N–H and O–H groups in total. The van der Waals surface area contributed by atoms with Crippen LogP contribution in [0.1, 0.15) is 30.6 Å². The molecule has 0 unspecified atom stereocenters. The van der Waals surface area contributed by atoms with Gasteiger partial charge >= 0.3 is 0 Å². The van der Waals surface area contributed by atoms with Gasteiger partial charge in [0.05, 0.1) is 12.8 Å². The number of nitrogens with zero attached hydrogens (tertiary/aromatic N) is 1. The van der Waals surface area contributed by atoms with Crippen LogP contribution in [0.25, 0.3) is 11.0 Å². The van der Waals surface area contributed by atoms with Crippen LogP contribution in [-0.4, -0.2) is 32.1 Å². The molecule has 0 spiro atoms. The average Bonchev–Trinajstić information content (AvgIpc) is 3.16. The summed E-state index contributed by atoms with van der Waals surface area (Å²) in [5.74, 6) is 1.42. The number of anilines is 1. The molecule has 1 aliphatic rings. The minimum Gasteiger partial charge on any atom is -0.495 e. The van der Waals surface area contributed by atoms with Gasteiger partial charge in [-0.05, 0) is 49.6 Å². The first-order valence-corrected chi connectivity index (χ1v) is 10.5. The molecular weight excluding hydrogens is 396 g/mol. The Balaban J connectivity index is 1.52. The highest BCUT2D eigenvalue weighted by Crippen LogP contribution is 2.34. The first kappa shape index (κ1) is 20.8. The fraction of sp³-hybridized carbons (Fsp3) is 0.333. The van der Waals surface area contributed by atoms with Gasteiger partial charge in [-0.2, -0.15) is 0 Å². The number of methoxy groups -OCH3 is 1. The molecule has 7 nitrogen and oxygen atoms in total. The Hall–Kier alpha value is -3.48. The third-order valence-corrected chi connectivity index (χ3v) is 5.55. The summed E-state index contributed by atoms with van der Waals surface area (Å²) in [6, 6.07) is 12.8. The van der Waals surface area contributed by atoms with E-state index < -0.39 is 5.91 Å². The van der Waals surface area contributed by atoms with Crippen molar-refractivity contribution in [3.63, 3.8) is 0 Å². The molecule has 2 amide bonds. The van der Waals surface area contributed by atoms with Crippen molar-refractivity contribution in [1.82, 2.24) is 0 Å². The number of hydrogen-bond acceptors (Lipinski definition) is 5. The molecule has 7 heteroatoms. The number of rotatable bonds is 8. The third-order valence-electron chi connectivity index (χ3n) is 5.55. The lowest BCUT2D eigenvalue weighted by Gasteiger charge is -2.24. The summed E-state index contributed by atoms with van der Waals surface area (Å²) >= 11 is 0. The van der Waals surface area contributed by atoms with Crippen LogP contribution in [0.3, 0.4) is 0 Å². The fourth-order valence-corrected chi connectivity index (χ4v) is 4.01. The molecule has 1 heterocycles. The van der Waals surface area contributed by atoms with Crippen molar-refractivity contribution in [1.29, 1.82) is 0 Å². The molecule has 0 atom stereocenters. The summed E-state index contributed by atoms with van der Waals surface area (Å²) in [6.45, 7) is -0.0332. The molecule has 0 aliphatic heterocycles. The third kappa shape index (κ3) is 4.50. The lowest BCUT2D eigenvalue weighted by Crippen LogP contribution is -2.37. The molecule has 3 aromatic rings. The molecular formula is C24H26N2O5. The van der Waals surface area contributed by atoms with Crippen LogP contribution in [0.15, 0.2) is 46.9 Å². The van der Waals surface area contributed by atoms with Gasteiger partial charge in [0.2, 0.25) is 5.91 Å². The van der Waals surface area contributed by atoms with E-state index in [1.807, 2.05) is 18.2 Å². The number of ether oxygens (including phenoxy) is 2. The maximum Gasteiger partial charge on any atom is 0.265 e. The van der Waals surface area contributed by atoms with Gasteiger partial charge in [0, 0.05) is 30.3 Å². The van der Waals surface area contributed by atoms with Gasteiger partial charge in [0.15, 0.2) is 6.61 Å². The van der Waals surface area contributed by atoms with Crippen LogP contribution in [0.4, 0.5) is 5.69 Å². The van der Waals surface area contributed by atoms with Crippen molar-refractivity contribution >= 4 is 28.5 Å². The zero-order valence-electron chi connectivity index (χ0n) is 17.6. The number of fused-ring (bicyclic) bond motifs is 3. The van der Waals surface area contributed by atoms with Crippen LogP contribution in [0.5, 0.6) is 11.5 Å². The molecule has 31 heavy (non-hydrogen) atoms. The molecule has 0 saturated carbocycles. The van der Waals surface area contributed by atoms with E-state index in [1.165, 1.54) is 17.6 Å². The Bertz CT molecular complexity index is 1100. The fourth-order valence-electron chi connectivity index (χ4n) is 4.01. The van der Waals surface area contributed by atoms with Gasteiger partial charge in [-0.3, -0.25) is 9.59 Å². The Morgan fingerprint density at radius 3 is 2.74 bits per heavy atom. The van der Waals surface area contributed by atoms with Gasteiger partial charge in [0.1, 0.15) is 22.8 Å². The van der Waals surface area contributed by atoms with Crippen molar-refractivity contribution in [2.24, 2.45) is 5.73 Å². The lowest BCUT2D eigenvalue weighted by atomic mass is 9.96. The standard InChI is InChI=1S/C24H26N2O5/c1-29-22-9-5-3-7-19(22)26(13-12-23(25)27)24(28)15-30-16-10-11-21-18(14-16)17-6-2-4-8-20(17)31-21/h3,5,7,9-11,14H,2,4,6,8,12-13,15H2,1H3,(H2,25,27). The van der Waals surface area contributed by atoms with Crippen LogP contribution < -0.4 is 20.1 Å². The van der Waals surface area contributed by atoms with Crippen LogP contribution in [-0.2, 0) is 22.4 Å². The number of para-hydroxylation sites is 2. The first-order chi connectivity index (χ1) is 15.1. The second kappa shape index (κ2) is 9.12. The molecule has 162 valence electrons. The highest BCUT2D eigenvalue weighted by Gasteiger charge is 2.21. The van der Waals surface area contributed by atoms with E-state index >= 15 is 0 Å². The van der Waals surface area contributed by atoms with Gasteiger partial charge in [0.25, 0.3) is 5.91 Å². The van der Waals surface area contributed by atoms with Crippen molar-refractivity contribution in [2.75, 3.05) is 25.2 Å². The number of furan rings is 1. The number of hydrogen-bond donors (Lipinski definition) is 1. The van der Waals surface area contributed by atoms with Crippen molar-refractivity contribution in [3.8, 4) is 11.5 Å². The van der Waals surface area contributed by atoms with Crippen molar-refractivity contribution < 1.29 is 23.5 Å². The highest BCUT2D eigenvalue weighted by atomic mass is 16.5. The summed E-state index contributed by atoms with van der Waals surface area (Å²) in [5, 5.41) is 1.05. The first-order valence-electron chi connectivity index (χ1n) is 10.5. The second-order valence-electron chi connectivity index (χ2n) is 7.59. The number of aryl methyl sites for hydroxylation is 2. The zero-order valence-corrected chi connectivity index (χ0v) is 17.6. The minimum absolute atomic E-state index is 0.0386. The Kier molecular flexibility index (Phi) is 6.11. The van der Waals surface area contributed by atoms with Crippen LogP contribution in [0.2, 0.25) is 0 Å². The molecule has 2 aromatic carbocycles. The number of primary amides is 1. The number of carbonyl (C=O) groups is 2. The van der Waals surface area contributed by atoms with Gasteiger partial charge in [-0.1, -0.05) is 12.1 Å². The molecule has 0 fully saturated rings. The maximum absolute atomic E-state index is 13.0. The molecule has 0 saturated heterocycles. The average molecular weight is 422 g/mol. The zero-order chi connectivity index (χ0) is 21.8.